The lowest BCUT2D eigenvalue weighted by molar-refractivity contribution is 0.470. The molecule has 2 aliphatic rings. The van der Waals surface area contributed by atoms with Crippen molar-refractivity contribution < 1.29 is 0 Å². The summed E-state index contributed by atoms with van der Waals surface area (Å²) in [5, 5.41) is 7.07. The number of benzene rings is 1. The fourth-order valence-corrected chi connectivity index (χ4v) is 2.51. The summed E-state index contributed by atoms with van der Waals surface area (Å²) < 4.78 is 0. The molecule has 1 aromatic rings. The van der Waals surface area contributed by atoms with E-state index >= 15 is 0 Å². The summed E-state index contributed by atoms with van der Waals surface area (Å²) in [6.07, 6.45) is 1.31. The van der Waals surface area contributed by atoms with Crippen LogP contribution in [0.3, 0.4) is 0 Å². The van der Waals surface area contributed by atoms with Crippen LogP contribution in [-0.4, -0.2) is 13.1 Å². The molecule has 3 rings (SSSR count). The van der Waals surface area contributed by atoms with Crippen LogP contribution in [0.5, 0.6) is 0 Å². The number of anilines is 1. The molecule has 0 radical (unpaired) electrons. The molecule has 1 unspecified atom stereocenters. The van der Waals surface area contributed by atoms with Gasteiger partial charge >= 0.3 is 0 Å². The van der Waals surface area contributed by atoms with Gasteiger partial charge < -0.3 is 10.6 Å². The van der Waals surface area contributed by atoms with Crippen molar-refractivity contribution in [3.8, 4) is 0 Å². The summed E-state index contributed by atoms with van der Waals surface area (Å²) >= 11 is 0. The van der Waals surface area contributed by atoms with Crippen LogP contribution >= 0.6 is 0 Å². The molecule has 2 heterocycles. The topological polar surface area (TPSA) is 24.1 Å². The van der Waals surface area contributed by atoms with Crippen molar-refractivity contribution in [2.75, 3.05) is 18.4 Å². The highest BCUT2D eigenvalue weighted by Gasteiger charge is 2.32. The molecular weight excluding hydrogens is 160 g/mol. The number of para-hydroxylation sites is 1. The quantitative estimate of drug-likeness (QED) is 0.626. The Morgan fingerprint density at radius 2 is 2.15 bits per heavy atom. The van der Waals surface area contributed by atoms with Gasteiger partial charge in [0, 0.05) is 18.3 Å². The first-order valence-corrected chi connectivity index (χ1v) is 5.01. The number of hydrogen-bond donors (Lipinski definition) is 2. The molecule has 0 saturated carbocycles. The van der Waals surface area contributed by atoms with E-state index in [9.17, 15) is 0 Å². The predicted octanol–water partition coefficient (Wildman–Crippen LogP) is 1.76. The van der Waals surface area contributed by atoms with Crippen molar-refractivity contribution in [2.45, 2.75) is 12.5 Å². The molecule has 1 aromatic carbocycles. The predicted molar refractivity (Wildman–Crippen MR) is 53.8 cm³/mol. The Balaban J connectivity index is 2.06. The van der Waals surface area contributed by atoms with Gasteiger partial charge in [-0.25, -0.2) is 0 Å². The van der Waals surface area contributed by atoms with E-state index in [-0.39, 0.29) is 0 Å². The molecule has 2 N–H and O–H groups in total. The first-order chi connectivity index (χ1) is 6.45. The van der Waals surface area contributed by atoms with E-state index < -0.39 is 0 Å². The van der Waals surface area contributed by atoms with Gasteiger partial charge in [0.1, 0.15) is 0 Å². The highest BCUT2D eigenvalue weighted by atomic mass is 15.0. The van der Waals surface area contributed by atoms with Crippen molar-refractivity contribution in [1.82, 2.24) is 5.32 Å². The molecule has 0 bridgehead atoms. The van der Waals surface area contributed by atoms with E-state index in [1.54, 1.807) is 0 Å². The molecule has 0 spiro atoms. The highest BCUT2D eigenvalue weighted by molar-refractivity contribution is 5.55. The van der Waals surface area contributed by atoms with Gasteiger partial charge in [0.05, 0.1) is 0 Å². The second-order valence-corrected chi connectivity index (χ2v) is 3.95. The molecule has 1 saturated heterocycles. The minimum atomic E-state index is 0.609. The fourth-order valence-electron chi connectivity index (χ4n) is 2.51. The van der Waals surface area contributed by atoms with E-state index in [4.69, 9.17) is 0 Å². The average Bonchev–Trinajstić information content (AvgIpc) is 2.65. The second kappa shape index (κ2) is 2.74. The van der Waals surface area contributed by atoms with Gasteiger partial charge in [-0.2, -0.15) is 0 Å². The zero-order valence-electron chi connectivity index (χ0n) is 7.59. The summed E-state index contributed by atoms with van der Waals surface area (Å²) in [4.78, 5) is 0. The fraction of sp³-hybridized carbons (Fsp3) is 0.455. The standard InChI is InChI=1S/C11H14N2/c1-2-4-10-9(3-1)11-8(7-13-10)5-6-12-11/h1-4,8,11-13H,5-7H2/t8-,11?/m0/s1. The van der Waals surface area contributed by atoms with E-state index in [1.165, 1.54) is 24.2 Å². The number of hydrogen-bond acceptors (Lipinski definition) is 2. The summed E-state index contributed by atoms with van der Waals surface area (Å²) in [6, 6.07) is 9.24. The molecule has 13 heavy (non-hydrogen) atoms. The van der Waals surface area contributed by atoms with Crippen LogP contribution in [0.1, 0.15) is 18.0 Å². The molecule has 2 aliphatic heterocycles. The Labute approximate surface area is 78.3 Å². The second-order valence-electron chi connectivity index (χ2n) is 3.95. The SMILES string of the molecule is c1ccc2c(c1)NC[C@@H]1CCNC21. The highest BCUT2D eigenvalue weighted by Crippen LogP contribution is 2.37. The van der Waals surface area contributed by atoms with Crippen LogP contribution in [-0.2, 0) is 0 Å². The third kappa shape index (κ3) is 1.05. The van der Waals surface area contributed by atoms with Gasteiger partial charge in [-0.1, -0.05) is 18.2 Å². The summed E-state index contributed by atoms with van der Waals surface area (Å²) in [5.41, 5.74) is 2.77. The van der Waals surface area contributed by atoms with Gasteiger partial charge in [-0.05, 0) is 30.5 Å². The Bertz CT molecular complexity index is 322. The Hall–Kier alpha value is -1.02. The minimum Gasteiger partial charge on any atom is -0.384 e. The Morgan fingerprint density at radius 3 is 3.15 bits per heavy atom. The number of fused-ring (bicyclic) bond motifs is 3. The van der Waals surface area contributed by atoms with Gasteiger partial charge in [-0.15, -0.1) is 0 Å². The lowest BCUT2D eigenvalue weighted by Gasteiger charge is -2.29. The smallest absolute Gasteiger partial charge is 0.0388 e. The van der Waals surface area contributed by atoms with Crippen LogP contribution in [0.25, 0.3) is 0 Å². The van der Waals surface area contributed by atoms with Crippen LogP contribution in [0, 0.1) is 5.92 Å². The summed E-state index contributed by atoms with van der Waals surface area (Å²) in [7, 11) is 0. The van der Waals surface area contributed by atoms with Crippen LogP contribution in [0.15, 0.2) is 24.3 Å². The molecule has 2 atom stereocenters. The Kier molecular flexibility index (Phi) is 1.56. The lowest BCUT2D eigenvalue weighted by atomic mass is 9.90. The summed E-state index contributed by atoms with van der Waals surface area (Å²) in [6.45, 7) is 2.31. The van der Waals surface area contributed by atoms with Crippen LogP contribution < -0.4 is 10.6 Å². The van der Waals surface area contributed by atoms with Gasteiger partial charge in [0.15, 0.2) is 0 Å². The van der Waals surface area contributed by atoms with Crippen molar-refractivity contribution in [3.05, 3.63) is 29.8 Å². The van der Waals surface area contributed by atoms with E-state index in [2.05, 4.69) is 34.9 Å². The average molecular weight is 174 g/mol. The molecule has 0 aliphatic carbocycles. The number of nitrogens with one attached hydrogen (secondary N) is 2. The minimum absolute atomic E-state index is 0.609. The summed E-state index contributed by atoms with van der Waals surface area (Å²) in [5.74, 6) is 0.801. The zero-order chi connectivity index (χ0) is 8.67. The van der Waals surface area contributed by atoms with Gasteiger partial charge in [0.2, 0.25) is 0 Å². The monoisotopic (exact) mass is 174 g/mol. The van der Waals surface area contributed by atoms with Crippen LogP contribution in [0.2, 0.25) is 0 Å². The van der Waals surface area contributed by atoms with Crippen molar-refractivity contribution >= 4 is 5.69 Å². The van der Waals surface area contributed by atoms with Gasteiger partial charge in [-0.3, -0.25) is 0 Å². The number of rotatable bonds is 0. The normalized spacial score (nSPS) is 30.5. The van der Waals surface area contributed by atoms with E-state index in [0.717, 1.165) is 12.5 Å². The largest absolute Gasteiger partial charge is 0.384 e. The molecule has 68 valence electrons. The molecule has 2 nitrogen and oxygen atoms in total. The molecule has 0 amide bonds. The molecular formula is C11H14N2. The van der Waals surface area contributed by atoms with Crippen molar-refractivity contribution in [2.24, 2.45) is 5.92 Å². The maximum Gasteiger partial charge on any atom is 0.0388 e. The van der Waals surface area contributed by atoms with E-state index in [0.29, 0.717) is 6.04 Å². The molecule has 0 aromatic heterocycles. The molecule has 1 fully saturated rings. The first kappa shape index (κ1) is 7.39. The van der Waals surface area contributed by atoms with Gasteiger partial charge in [0.25, 0.3) is 0 Å². The molecule has 2 heteroatoms. The Morgan fingerprint density at radius 1 is 1.23 bits per heavy atom. The third-order valence-corrected chi connectivity index (χ3v) is 3.20. The lowest BCUT2D eigenvalue weighted by Crippen LogP contribution is -2.28. The third-order valence-electron chi connectivity index (χ3n) is 3.20. The van der Waals surface area contributed by atoms with Crippen molar-refractivity contribution in [3.63, 3.8) is 0 Å². The van der Waals surface area contributed by atoms with E-state index in [1.807, 2.05) is 0 Å². The first-order valence-electron chi connectivity index (χ1n) is 5.01. The van der Waals surface area contributed by atoms with Crippen LogP contribution in [0.4, 0.5) is 5.69 Å². The maximum atomic E-state index is 3.57. The van der Waals surface area contributed by atoms with Crippen molar-refractivity contribution in [1.29, 1.82) is 0 Å². The maximum absolute atomic E-state index is 3.57. The zero-order valence-corrected chi connectivity index (χ0v) is 7.59.